The van der Waals surface area contributed by atoms with Crippen molar-refractivity contribution in [2.75, 3.05) is 7.05 Å². The predicted molar refractivity (Wildman–Crippen MR) is 74.1 cm³/mol. The minimum absolute atomic E-state index is 0.738. The van der Waals surface area contributed by atoms with E-state index in [0.717, 1.165) is 33.0 Å². The number of halogens is 2. The smallest absolute Gasteiger partial charge is 0.0910 e. The number of rotatable bonds is 3. The van der Waals surface area contributed by atoms with E-state index in [9.17, 15) is 0 Å². The fraction of sp³-hybridized carbons (Fsp3) is 0.250. The van der Waals surface area contributed by atoms with Crippen LogP contribution in [0.25, 0.3) is 11.3 Å². The van der Waals surface area contributed by atoms with Crippen LogP contribution < -0.4 is 5.32 Å². The lowest BCUT2D eigenvalue weighted by atomic mass is 10.1. The number of nitrogens with zero attached hydrogens (tertiary/aromatic N) is 2. The second kappa shape index (κ2) is 5.21. The first kappa shape index (κ1) is 12.6. The Labute approximate surface area is 114 Å². The van der Waals surface area contributed by atoms with Crippen LogP contribution in [0.4, 0.5) is 0 Å². The molecule has 0 bridgehead atoms. The topological polar surface area (TPSA) is 29.9 Å². The van der Waals surface area contributed by atoms with Crippen molar-refractivity contribution in [2.24, 2.45) is 7.05 Å². The molecule has 0 aliphatic carbocycles. The Hall–Kier alpha value is -0.840. The fourth-order valence-electron chi connectivity index (χ4n) is 1.76. The first-order valence-electron chi connectivity index (χ1n) is 5.25. The quantitative estimate of drug-likeness (QED) is 0.942. The molecule has 0 unspecified atom stereocenters. The number of aromatic nitrogens is 2. The third-order valence-corrected chi connectivity index (χ3v) is 3.60. The largest absolute Gasteiger partial charge is 0.314 e. The predicted octanol–water partition coefficient (Wildman–Crippen LogP) is 3.22. The van der Waals surface area contributed by atoms with Crippen molar-refractivity contribution in [1.82, 2.24) is 15.1 Å². The van der Waals surface area contributed by atoms with Gasteiger partial charge in [0.15, 0.2) is 0 Å². The highest BCUT2D eigenvalue weighted by atomic mass is 79.9. The van der Waals surface area contributed by atoms with Crippen LogP contribution in [-0.2, 0) is 13.6 Å². The standard InChI is InChI=1S/C12H13BrClN3/c1-15-7-10-11(13)12(17(2)16-10)8-3-5-9(14)6-4-8/h3-6,15H,7H2,1-2H3. The van der Waals surface area contributed by atoms with E-state index in [2.05, 4.69) is 26.3 Å². The molecule has 0 spiro atoms. The highest BCUT2D eigenvalue weighted by molar-refractivity contribution is 9.10. The van der Waals surface area contributed by atoms with Gasteiger partial charge in [-0.2, -0.15) is 5.10 Å². The van der Waals surface area contributed by atoms with Crippen LogP contribution in [0.15, 0.2) is 28.7 Å². The van der Waals surface area contributed by atoms with E-state index < -0.39 is 0 Å². The van der Waals surface area contributed by atoms with E-state index in [1.807, 2.05) is 43.0 Å². The molecule has 0 saturated carbocycles. The zero-order valence-corrected chi connectivity index (χ0v) is 12.0. The molecule has 0 amide bonds. The summed E-state index contributed by atoms with van der Waals surface area (Å²) >= 11 is 9.49. The molecule has 0 atom stereocenters. The molecule has 90 valence electrons. The molecule has 1 N–H and O–H groups in total. The van der Waals surface area contributed by atoms with Gasteiger partial charge in [-0.3, -0.25) is 4.68 Å². The number of benzene rings is 1. The van der Waals surface area contributed by atoms with E-state index in [1.54, 1.807) is 0 Å². The fourth-order valence-corrected chi connectivity index (χ4v) is 2.59. The highest BCUT2D eigenvalue weighted by Gasteiger charge is 2.14. The molecule has 0 saturated heterocycles. The molecular formula is C12H13BrClN3. The minimum Gasteiger partial charge on any atom is -0.314 e. The maximum absolute atomic E-state index is 5.89. The molecule has 1 heterocycles. The molecule has 3 nitrogen and oxygen atoms in total. The molecular weight excluding hydrogens is 302 g/mol. The Morgan fingerprint density at radius 1 is 1.35 bits per heavy atom. The van der Waals surface area contributed by atoms with E-state index in [4.69, 9.17) is 11.6 Å². The second-order valence-corrected chi connectivity index (χ2v) is 5.00. The van der Waals surface area contributed by atoms with Crippen molar-refractivity contribution in [3.8, 4) is 11.3 Å². The number of aryl methyl sites for hydroxylation is 1. The summed E-state index contributed by atoms with van der Waals surface area (Å²) < 4.78 is 2.90. The van der Waals surface area contributed by atoms with Gasteiger partial charge in [-0.15, -0.1) is 0 Å². The molecule has 0 radical (unpaired) electrons. The molecule has 0 fully saturated rings. The number of hydrogen-bond donors (Lipinski definition) is 1. The zero-order valence-electron chi connectivity index (χ0n) is 9.67. The first-order valence-corrected chi connectivity index (χ1v) is 6.42. The summed E-state index contributed by atoms with van der Waals surface area (Å²) in [5, 5.41) is 8.31. The molecule has 1 aromatic carbocycles. The van der Waals surface area contributed by atoms with Crippen molar-refractivity contribution in [3.63, 3.8) is 0 Å². The summed E-state index contributed by atoms with van der Waals surface area (Å²) in [6.45, 7) is 0.738. The molecule has 2 rings (SSSR count). The van der Waals surface area contributed by atoms with Crippen LogP contribution in [0, 0.1) is 0 Å². The normalized spacial score (nSPS) is 10.8. The monoisotopic (exact) mass is 313 g/mol. The second-order valence-electron chi connectivity index (χ2n) is 3.77. The summed E-state index contributed by atoms with van der Waals surface area (Å²) in [6, 6.07) is 7.75. The lowest BCUT2D eigenvalue weighted by Gasteiger charge is -2.03. The molecule has 0 aliphatic rings. The number of hydrogen-bond acceptors (Lipinski definition) is 2. The van der Waals surface area contributed by atoms with Gasteiger partial charge in [-0.1, -0.05) is 23.7 Å². The Bertz CT molecular complexity index is 519. The van der Waals surface area contributed by atoms with E-state index in [0.29, 0.717) is 0 Å². The molecule has 1 aromatic heterocycles. The summed E-state index contributed by atoms with van der Waals surface area (Å²) in [5.41, 5.74) is 3.16. The molecule has 5 heteroatoms. The SMILES string of the molecule is CNCc1nn(C)c(-c2ccc(Cl)cc2)c1Br. The van der Waals surface area contributed by atoms with E-state index in [1.165, 1.54) is 0 Å². The molecule has 2 aromatic rings. The van der Waals surface area contributed by atoms with Gasteiger partial charge in [0.05, 0.1) is 15.9 Å². The average molecular weight is 315 g/mol. The van der Waals surface area contributed by atoms with Crippen molar-refractivity contribution < 1.29 is 0 Å². The maximum atomic E-state index is 5.89. The van der Waals surface area contributed by atoms with Crippen LogP contribution >= 0.6 is 27.5 Å². The third kappa shape index (κ3) is 2.54. The first-order chi connectivity index (χ1) is 8.13. The van der Waals surface area contributed by atoms with Gasteiger partial charge in [0.25, 0.3) is 0 Å². The van der Waals surface area contributed by atoms with Crippen molar-refractivity contribution in [3.05, 3.63) is 39.5 Å². The Kier molecular flexibility index (Phi) is 3.86. The van der Waals surface area contributed by atoms with Gasteiger partial charge in [0.2, 0.25) is 0 Å². The summed E-state index contributed by atoms with van der Waals surface area (Å²) in [7, 11) is 3.84. The summed E-state index contributed by atoms with van der Waals surface area (Å²) in [6.07, 6.45) is 0. The van der Waals surface area contributed by atoms with Crippen molar-refractivity contribution >= 4 is 27.5 Å². The van der Waals surface area contributed by atoms with E-state index in [-0.39, 0.29) is 0 Å². The van der Waals surface area contributed by atoms with Crippen molar-refractivity contribution in [2.45, 2.75) is 6.54 Å². The van der Waals surface area contributed by atoms with Crippen LogP contribution in [0.3, 0.4) is 0 Å². The lowest BCUT2D eigenvalue weighted by Crippen LogP contribution is -2.06. The van der Waals surface area contributed by atoms with Crippen LogP contribution in [0.2, 0.25) is 5.02 Å². The zero-order chi connectivity index (χ0) is 12.4. The van der Waals surface area contributed by atoms with Gasteiger partial charge >= 0.3 is 0 Å². The van der Waals surface area contributed by atoms with Crippen molar-refractivity contribution in [1.29, 1.82) is 0 Å². The van der Waals surface area contributed by atoms with Gasteiger partial charge in [-0.05, 0) is 35.1 Å². The Balaban J connectivity index is 2.48. The summed E-state index contributed by atoms with van der Waals surface area (Å²) in [5.74, 6) is 0. The van der Waals surface area contributed by atoms with Gasteiger partial charge in [-0.25, -0.2) is 0 Å². The van der Waals surface area contributed by atoms with Gasteiger partial charge < -0.3 is 5.32 Å². The van der Waals surface area contributed by atoms with E-state index >= 15 is 0 Å². The average Bonchev–Trinajstić information content (AvgIpc) is 2.57. The summed E-state index contributed by atoms with van der Waals surface area (Å²) in [4.78, 5) is 0. The third-order valence-electron chi connectivity index (χ3n) is 2.52. The lowest BCUT2D eigenvalue weighted by molar-refractivity contribution is 0.715. The minimum atomic E-state index is 0.738. The van der Waals surface area contributed by atoms with Crippen LogP contribution in [-0.4, -0.2) is 16.8 Å². The molecule has 0 aliphatic heterocycles. The Morgan fingerprint density at radius 2 is 2.00 bits per heavy atom. The van der Waals surface area contributed by atoms with Gasteiger partial charge in [0.1, 0.15) is 0 Å². The van der Waals surface area contributed by atoms with Crippen LogP contribution in [0.1, 0.15) is 5.69 Å². The molecule has 17 heavy (non-hydrogen) atoms. The maximum Gasteiger partial charge on any atom is 0.0910 e. The van der Waals surface area contributed by atoms with Gasteiger partial charge in [0, 0.05) is 24.2 Å². The van der Waals surface area contributed by atoms with Crippen LogP contribution in [0.5, 0.6) is 0 Å². The highest BCUT2D eigenvalue weighted by Crippen LogP contribution is 2.31. The Morgan fingerprint density at radius 3 is 2.59 bits per heavy atom. The number of nitrogens with one attached hydrogen (secondary N) is 1.